The van der Waals surface area contributed by atoms with E-state index in [-0.39, 0.29) is 36.8 Å². The summed E-state index contributed by atoms with van der Waals surface area (Å²) in [6.07, 6.45) is 4.02. The van der Waals surface area contributed by atoms with Crippen LogP contribution in [0.4, 0.5) is 0 Å². The van der Waals surface area contributed by atoms with Crippen LogP contribution in [0.3, 0.4) is 0 Å². The number of aryl methyl sites for hydroxylation is 2. The molecule has 4 aromatic rings. The van der Waals surface area contributed by atoms with Gasteiger partial charge in [0.2, 0.25) is 11.7 Å². The van der Waals surface area contributed by atoms with Crippen LogP contribution in [0.15, 0.2) is 63.4 Å². The van der Waals surface area contributed by atoms with Crippen molar-refractivity contribution in [2.45, 2.75) is 64.7 Å². The zero-order valence-electron chi connectivity index (χ0n) is 21.0. The van der Waals surface area contributed by atoms with Gasteiger partial charge in [-0.25, -0.2) is 0 Å². The van der Waals surface area contributed by atoms with Gasteiger partial charge in [0, 0.05) is 12.6 Å². The summed E-state index contributed by atoms with van der Waals surface area (Å²) in [5, 5.41) is 15.5. The Morgan fingerprint density at radius 3 is 2.43 bits per heavy atom. The smallest absolute Gasteiger partial charge is 0.250 e. The van der Waals surface area contributed by atoms with Crippen LogP contribution in [0.2, 0.25) is 0 Å². The first kappa shape index (κ1) is 24.5. The molecule has 1 saturated carbocycles. The van der Waals surface area contributed by atoms with Crippen LogP contribution in [-0.2, 0) is 22.7 Å². The van der Waals surface area contributed by atoms with E-state index in [2.05, 4.69) is 20.7 Å². The third kappa shape index (κ3) is 5.79. The highest BCUT2D eigenvalue weighted by atomic mass is 16.3. The summed E-state index contributed by atoms with van der Waals surface area (Å²) in [5.74, 6) is 1.95. The zero-order valence-corrected chi connectivity index (χ0v) is 21.0. The fourth-order valence-corrected chi connectivity index (χ4v) is 4.65. The van der Waals surface area contributed by atoms with Crippen molar-refractivity contribution in [2.24, 2.45) is 0 Å². The Kier molecular flexibility index (Phi) is 7.16. The fraction of sp³-hybridized carbons (Fsp3) is 0.370. The molecule has 192 valence electrons. The molecule has 1 aliphatic carbocycles. The quantitative estimate of drug-likeness (QED) is 0.368. The van der Waals surface area contributed by atoms with Gasteiger partial charge < -0.3 is 19.1 Å². The Labute approximate surface area is 214 Å². The molecule has 0 saturated heterocycles. The van der Waals surface area contributed by atoms with Gasteiger partial charge in [0.15, 0.2) is 11.8 Å². The number of aromatic nitrogens is 4. The molecule has 1 atom stereocenters. The summed E-state index contributed by atoms with van der Waals surface area (Å²) >= 11 is 0. The number of nitrogens with zero attached hydrogens (tertiary/aromatic N) is 5. The number of hydrogen-bond donors (Lipinski definition) is 1. The monoisotopic (exact) mass is 502 g/mol. The Balaban J connectivity index is 1.44. The second-order valence-electron chi connectivity index (χ2n) is 9.40. The van der Waals surface area contributed by atoms with Crippen molar-refractivity contribution in [3.63, 3.8) is 0 Å². The highest BCUT2D eigenvalue weighted by molar-refractivity contribution is 5.88. The summed E-state index contributed by atoms with van der Waals surface area (Å²) in [6.45, 7) is 3.65. The standard InChI is InChI=1S/C27H30N6O4/c1-18-12-14-22(36-18)25(27(35)28-21-10-6-7-11-21)32(16-20-8-4-3-5-9-20)24(34)17-33-30-26(29-31-33)23-15-13-19(2)37-23/h3-5,8-9,12-15,21,25H,6-7,10-11,16-17H2,1-2H3,(H,28,35)/t25-/m0/s1. The van der Waals surface area contributed by atoms with E-state index in [9.17, 15) is 9.59 Å². The molecule has 0 aliphatic heterocycles. The first-order valence-corrected chi connectivity index (χ1v) is 12.5. The van der Waals surface area contributed by atoms with Crippen LogP contribution in [0.5, 0.6) is 0 Å². The number of benzene rings is 1. The minimum absolute atomic E-state index is 0.0935. The molecular formula is C27H30N6O4. The predicted octanol–water partition coefficient (Wildman–Crippen LogP) is 3.97. The molecule has 1 aromatic carbocycles. The molecule has 0 radical (unpaired) electrons. The summed E-state index contributed by atoms with van der Waals surface area (Å²) < 4.78 is 11.5. The summed E-state index contributed by atoms with van der Waals surface area (Å²) in [5.41, 5.74) is 0.885. The molecule has 0 unspecified atom stereocenters. The molecule has 3 heterocycles. The number of carbonyl (C=O) groups excluding carboxylic acids is 2. The van der Waals surface area contributed by atoms with Crippen molar-refractivity contribution >= 4 is 11.8 Å². The van der Waals surface area contributed by atoms with Crippen molar-refractivity contribution in [3.05, 3.63) is 77.4 Å². The minimum Gasteiger partial charge on any atom is -0.464 e. The third-order valence-electron chi connectivity index (χ3n) is 6.50. The molecule has 10 nitrogen and oxygen atoms in total. The number of nitrogens with one attached hydrogen (secondary N) is 1. The van der Waals surface area contributed by atoms with Crippen LogP contribution in [-0.4, -0.2) is 43.0 Å². The number of hydrogen-bond acceptors (Lipinski definition) is 7. The molecule has 1 N–H and O–H groups in total. The van der Waals surface area contributed by atoms with E-state index in [1.807, 2.05) is 50.2 Å². The number of tetrazole rings is 1. The second-order valence-corrected chi connectivity index (χ2v) is 9.40. The maximum atomic E-state index is 13.8. The highest BCUT2D eigenvalue weighted by Crippen LogP contribution is 2.28. The van der Waals surface area contributed by atoms with Crippen molar-refractivity contribution in [2.75, 3.05) is 0 Å². The zero-order chi connectivity index (χ0) is 25.8. The van der Waals surface area contributed by atoms with Crippen LogP contribution in [0, 0.1) is 13.8 Å². The summed E-state index contributed by atoms with van der Waals surface area (Å²) in [6, 6.07) is 15.8. The molecule has 0 spiro atoms. The summed E-state index contributed by atoms with van der Waals surface area (Å²) in [4.78, 5) is 30.2. The summed E-state index contributed by atoms with van der Waals surface area (Å²) in [7, 11) is 0. The first-order chi connectivity index (χ1) is 18.0. The normalized spacial score (nSPS) is 14.5. The number of amides is 2. The largest absolute Gasteiger partial charge is 0.464 e. The maximum Gasteiger partial charge on any atom is 0.250 e. The van der Waals surface area contributed by atoms with Crippen molar-refractivity contribution in [1.29, 1.82) is 0 Å². The van der Waals surface area contributed by atoms with Gasteiger partial charge in [-0.3, -0.25) is 9.59 Å². The lowest BCUT2D eigenvalue weighted by Crippen LogP contribution is -2.46. The molecule has 0 bridgehead atoms. The van der Waals surface area contributed by atoms with Gasteiger partial charge >= 0.3 is 0 Å². The van der Waals surface area contributed by atoms with Crippen molar-refractivity contribution in [3.8, 4) is 11.6 Å². The second kappa shape index (κ2) is 10.8. The highest BCUT2D eigenvalue weighted by Gasteiger charge is 2.35. The van der Waals surface area contributed by atoms with E-state index in [4.69, 9.17) is 8.83 Å². The van der Waals surface area contributed by atoms with Gasteiger partial charge in [-0.1, -0.05) is 43.2 Å². The van der Waals surface area contributed by atoms with Gasteiger partial charge in [-0.05, 0) is 61.7 Å². The Bertz CT molecular complexity index is 1350. The molecule has 3 aromatic heterocycles. The van der Waals surface area contributed by atoms with E-state index in [0.717, 1.165) is 37.0 Å². The van der Waals surface area contributed by atoms with E-state index in [1.54, 1.807) is 18.2 Å². The molecule has 1 aliphatic rings. The molecule has 5 rings (SSSR count). The predicted molar refractivity (Wildman–Crippen MR) is 134 cm³/mol. The van der Waals surface area contributed by atoms with Crippen molar-refractivity contribution in [1.82, 2.24) is 30.4 Å². The SMILES string of the molecule is Cc1ccc(-c2nnn(CC(=O)N(Cc3ccccc3)[C@H](C(=O)NC3CCCC3)c3ccc(C)o3)n2)o1. The number of carbonyl (C=O) groups is 2. The number of furan rings is 2. The van der Waals surface area contributed by atoms with Gasteiger partial charge in [-0.15, -0.1) is 10.2 Å². The molecule has 1 fully saturated rings. The van der Waals surface area contributed by atoms with E-state index in [1.165, 1.54) is 9.70 Å². The molecule has 10 heteroatoms. The fourth-order valence-electron chi connectivity index (χ4n) is 4.65. The molecule has 2 amide bonds. The lowest BCUT2D eigenvalue weighted by atomic mass is 10.1. The average molecular weight is 503 g/mol. The van der Waals surface area contributed by atoms with E-state index >= 15 is 0 Å². The van der Waals surface area contributed by atoms with Gasteiger partial charge in [-0.2, -0.15) is 4.80 Å². The average Bonchev–Trinajstić information content (AvgIpc) is 3.69. The molecule has 37 heavy (non-hydrogen) atoms. The van der Waals surface area contributed by atoms with Gasteiger partial charge in [0.25, 0.3) is 5.91 Å². The Morgan fingerprint density at radius 2 is 1.76 bits per heavy atom. The Hall–Kier alpha value is -4.21. The third-order valence-corrected chi connectivity index (χ3v) is 6.50. The van der Waals surface area contributed by atoms with Gasteiger partial charge in [0.05, 0.1) is 0 Å². The van der Waals surface area contributed by atoms with Crippen LogP contribution >= 0.6 is 0 Å². The Morgan fingerprint density at radius 1 is 1.03 bits per heavy atom. The van der Waals surface area contributed by atoms with Gasteiger partial charge in [0.1, 0.15) is 23.8 Å². The topological polar surface area (TPSA) is 119 Å². The lowest BCUT2D eigenvalue weighted by molar-refractivity contribution is -0.143. The maximum absolute atomic E-state index is 13.8. The van der Waals surface area contributed by atoms with Crippen LogP contribution in [0.1, 0.15) is 54.6 Å². The van der Waals surface area contributed by atoms with Crippen molar-refractivity contribution < 1.29 is 18.4 Å². The van der Waals surface area contributed by atoms with E-state index in [0.29, 0.717) is 17.3 Å². The number of rotatable bonds is 9. The minimum atomic E-state index is -0.947. The van der Waals surface area contributed by atoms with Crippen LogP contribution < -0.4 is 5.32 Å². The lowest BCUT2D eigenvalue weighted by Gasteiger charge is -2.30. The van der Waals surface area contributed by atoms with E-state index < -0.39 is 6.04 Å². The van der Waals surface area contributed by atoms with Crippen LogP contribution in [0.25, 0.3) is 11.6 Å². The molecular weight excluding hydrogens is 472 g/mol. The first-order valence-electron chi connectivity index (χ1n) is 12.5.